The first-order valence-corrected chi connectivity index (χ1v) is 9.10. The molecular weight excluding hydrogens is 405 g/mol. The van der Waals surface area contributed by atoms with Crippen molar-refractivity contribution in [2.75, 3.05) is 30.8 Å². The van der Waals surface area contributed by atoms with Crippen LogP contribution in [0.3, 0.4) is 0 Å². The number of halogens is 2. The molecule has 7 nitrogen and oxygen atoms in total. The maximum atomic E-state index is 12.5. The molecule has 3 amide bonds. The van der Waals surface area contributed by atoms with Crippen molar-refractivity contribution in [3.8, 4) is 0 Å². The molecule has 0 fully saturated rings. The summed E-state index contributed by atoms with van der Waals surface area (Å²) in [5, 5.41) is 5.74. The first-order chi connectivity index (χ1) is 13.3. The van der Waals surface area contributed by atoms with Gasteiger partial charge in [-0.15, -0.1) is 0 Å². The summed E-state index contributed by atoms with van der Waals surface area (Å²) in [7, 11) is 1.50. The molecule has 0 aliphatic heterocycles. The number of carbonyl (C=O) groups excluding carboxylic acids is 3. The number of likely N-dealkylation sites (N-methyl/N-ethyl adjacent to an activating group) is 1. The summed E-state index contributed by atoms with van der Waals surface area (Å²) >= 11 is 12.0. The normalized spacial score (nSPS) is 10.1. The zero-order chi connectivity index (χ0) is 20.7. The van der Waals surface area contributed by atoms with E-state index in [4.69, 9.17) is 27.9 Å². The fourth-order valence-electron chi connectivity index (χ4n) is 2.28. The number of amides is 3. The highest BCUT2D eigenvalue weighted by Crippen LogP contribution is 2.29. The van der Waals surface area contributed by atoms with E-state index in [1.165, 1.54) is 11.9 Å². The summed E-state index contributed by atoms with van der Waals surface area (Å²) in [6.07, 6.45) is -0.575. The molecule has 2 aromatic carbocycles. The molecule has 0 unspecified atom stereocenters. The smallest absolute Gasteiger partial charge is 0.411 e. The number of anilines is 2. The highest BCUT2D eigenvalue weighted by atomic mass is 35.5. The quantitative estimate of drug-likeness (QED) is 0.725. The Kier molecular flexibility index (Phi) is 7.66. The van der Waals surface area contributed by atoms with Gasteiger partial charge in [-0.25, -0.2) is 4.79 Å². The first-order valence-electron chi connectivity index (χ1n) is 8.35. The van der Waals surface area contributed by atoms with Crippen LogP contribution in [0.25, 0.3) is 0 Å². The fourth-order valence-corrected chi connectivity index (χ4v) is 2.78. The lowest BCUT2D eigenvalue weighted by Crippen LogP contribution is -2.35. The molecule has 28 heavy (non-hydrogen) atoms. The third kappa shape index (κ3) is 5.87. The Balaban J connectivity index is 1.96. The van der Waals surface area contributed by atoms with Gasteiger partial charge >= 0.3 is 6.09 Å². The van der Waals surface area contributed by atoms with Gasteiger partial charge in [0, 0.05) is 18.3 Å². The zero-order valence-electron chi connectivity index (χ0n) is 15.3. The van der Waals surface area contributed by atoms with Gasteiger partial charge in [0.25, 0.3) is 5.91 Å². The highest BCUT2D eigenvalue weighted by Gasteiger charge is 2.17. The van der Waals surface area contributed by atoms with Gasteiger partial charge in [-0.05, 0) is 43.3 Å². The number of nitrogens with one attached hydrogen (secondary N) is 2. The third-order valence-corrected chi connectivity index (χ3v) is 4.24. The minimum atomic E-state index is -0.575. The molecular formula is C19H19Cl2N3O4. The minimum absolute atomic E-state index is 0.191. The van der Waals surface area contributed by atoms with E-state index in [1.807, 2.05) is 0 Å². The molecule has 0 aliphatic carbocycles. The van der Waals surface area contributed by atoms with Gasteiger partial charge in [0.15, 0.2) is 0 Å². The summed E-state index contributed by atoms with van der Waals surface area (Å²) in [4.78, 5) is 37.3. The van der Waals surface area contributed by atoms with Crippen molar-refractivity contribution in [1.82, 2.24) is 4.90 Å². The SMILES string of the molecule is CCOC(=O)Nc1ccc(C(=O)N(C)CC(=O)Nc2c(Cl)cccc2Cl)cc1. The predicted octanol–water partition coefficient (Wildman–Crippen LogP) is 4.27. The van der Waals surface area contributed by atoms with E-state index in [2.05, 4.69) is 10.6 Å². The monoisotopic (exact) mass is 423 g/mol. The van der Waals surface area contributed by atoms with E-state index >= 15 is 0 Å². The zero-order valence-corrected chi connectivity index (χ0v) is 16.8. The van der Waals surface area contributed by atoms with Crippen LogP contribution in [0.1, 0.15) is 17.3 Å². The summed E-state index contributed by atoms with van der Waals surface area (Å²) in [5.41, 5.74) is 1.15. The van der Waals surface area contributed by atoms with Crippen molar-refractivity contribution in [3.05, 3.63) is 58.1 Å². The number of hydrogen-bond acceptors (Lipinski definition) is 4. The molecule has 2 aromatic rings. The van der Waals surface area contributed by atoms with Crippen LogP contribution < -0.4 is 10.6 Å². The summed E-state index contributed by atoms with van der Waals surface area (Å²) in [6, 6.07) is 11.1. The average Bonchev–Trinajstić information content (AvgIpc) is 2.65. The Labute approximate surface area is 172 Å². The Bertz CT molecular complexity index is 852. The summed E-state index contributed by atoms with van der Waals surface area (Å²) in [6.45, 7) is 1.77. The van der Waals surface area contributed by atoms with Crippen LogP contribution in [0.4, 0.5) is 16.2 Å². The van der Waals surface area contributed by atoms with Crippen LogP contribution in [0, 0.1) is 0 Å². The maximum Gasteiger partial charge on any atom is 0.411 e. The van der Waals surface area contributed by atoms with Crippen molar-refractivity contribution in [1.29, 1.82) is 0 Å². The number of ether oxygens (including phenoxy) is 1. The lowest BCUT2D eigenvalue weighted by Gasteiger charge is -2.18. The molecule has 0 aliphatic rings. The molecule has 2 N–H and O–H groups in total. The fraction of sp³-hybridized carbons (Fsp3) is 0.211. The van der Waals surface area contributed by atoms with Gasteiger partial charge in [0.1, 0.15) is 0 Å². The number of para-hydroxylation sites is 1. The molecule has 0 radical (unpaired) electrons. The molecule has 0 bridgehead atoms. The number of nitrogens with zero attached hydrogens (tertiary/aromatic N) is 1. The third-order valence-electron chi connectivity index (χ3n) is 3.61. The van der Waals surface area contributed by atoms with Gasteiger partial charge in [-0.3, -0.25) is 14.9 Å². The number of benzene rings is 2. The van der Waals surface area contributed by atoms with Crippen LogP contribution in [-0.2, 0) is 9.53 Å². The van der Waals surface area contributed by atoms with Gasteiger partial charge in [-0.1, -0.05) is 29.3 Å². The predicted molar refractivity (Wildman–Crippen MR) is 109 cm³/mol. The average molecular weight is 424 g/mol. The van der Waals surface area contributed by atoms with E-state index in [0.717, 1.165) is 0 Å². The van der Waals surface area contributed by atoms with Crippen LogP contribution in [0.2, 0.25) is 10.0 Å². The second-order valence-electron chi connectivity index (χ2n) is 5.73. The second kappa shape index (κ2) is 9.96. The number of hydrogen-bond donors (Lipinski definition) is 2. The van der Waals surface area contributed by atoms with Crippen molar-refractivity contribution >= 4 is 52.5 Å². The van der Waals surface area contributed by atoms with E-state index in [9.17, 15) is 14.4 Å². The maximum absolute atomic E-state index is 12.5. The van der Waals surface area contributed by atoms with Crippen LogP contribution in [0.5, 0.6) is 0 Å². The molecule has 0 aromatic heterocycles. The molecule has 148 valence electrons. The Morgan fingerprint density at radius 3 is 2.18 bits per heavy atom. The summed E-state index contributed by atoms with van der Waals surface area (Å²) in [5.74, 6) is -0.797. The van der Waals surface area contributed by atoms with Gasteiger partial charge in [0.2, 0.25) is 5.91 Å². The summed E-state index contributed by atoms with van der Waals surface area (Å²) < 4.78 is 4.78. The van der Waals surface area contributed by atoms with Crippen molar-refractivity contribution in [3.63, 3.8) is 0 Å². The van der Waals surface area contributed by atoms with E-state index < -0.39 is 12.0 Å². The molecule has 2 rings (SSSR count). The Hall–Kier alpha value is -2.77. The van der Waals surface area contributed by atoms with E-state index in [0.29, 0.717) is 27.0 Å². The standard InChI is InChI=1S/C19H19Cl2N3O4/c1-3-28-19(27)22-13-9-7-12(8-10-13)18(26)24(2)11-16(25)23-17-14(20)5-4-6-15(17)21/h4-10H,3,11H2,1-2H3,(H,22,27)(H,23,25). The molecule has 0 spiro atoms. The topological polar surface area (TPSA) is 87.7 Å². The van der Waals surface area contributed by atoms with Gasteiger partial charge in [0.05, 0.1) is 28.9 Å². The lowest BCUT2D eigenvalue weighted by atomic mass is 10.2. The first kappa shape index (κ1) is 21.5. The van der Waals surface area contributed by atoms with Gasteiger partial charge in [-0.2, -0.15) is 0 Å². The molecule has 9 heteroatoms. The second-order valence-corrected chi connectivity index (χ2v) is 6.54. The highest BCUT2D eigenvalue weighted by molar-refractivity contribution is 6.39. The van der Waals surface area contributed by atoms with Crippen LogP contribution in [0.15, 0.2) is 42.5 Å². The van der Waals surface area contributed by atoms with E-state index in [-0.39, 0.29) is 19.1 Å². The molecule has 0 saturated carbocycles. The number of rotatable bonds is 6. The molecule has 0 atom stereocenters. The molecule has 0 heterocycles. The van der Waals surface area contributed by atoms with Crippen molar-refractivity contribution in [2.24, 2.45) is 0 Å². The van der Waals surface area contributed by atoms with Crippen LogP contribution >= 0.6 is 23.2 Å². The van der Waals surface area contributed by atoms with E-state index in [1.54, 1.807) is 49.4 Å². The Morgan fingerprint density at radius 2 is 1.61 bits per heavy atom. The van der Waals surface area contributed by atoms with Crippen molar-refractivity contribution < 1.29 is 19.1 Å². The van der Waals surface area contributed by atoms with Crippen molar-refractivity contribution in [2.45, 2.75) is 6.92 Å². The van der Waals surface area contributed by atoms with Crippen LogP contribution in [-0.4, -0.2) is 43.0 Å². The largest absolute Gasteiger partial charge is 0.450 e. The Morgan fingerprint density at radius 1 is 1.00 bits per heavy atom. The number of carbonyl (C=O) groups is 3. The minimum Gasteiger partial charge on any atom is -0.450 e. The molecule has 0 saturated heterocycles. The lowest BCUT2D eigenvalue weighted by molar-refractivity contribution is -0.116. The van der Waals surface area contributed by atoms with Gasteiger partial charge < -0.3 is 15.0 Å².